The maximum Gasteiger partial charge on any atom is 0.303 e. The second-order valence-corrected chi connectivity index (χ2v) is 3.93. The molecule has 1 aromatic rings. The van der Waals surface area contributed by atoms with Crippen molar-refractivity contribution in [3.8, 4) is 0 Å². The van der Waals surface area contributed by atoms with Gasteiger partial charge >= 0.3 is 5.97 Å². The highest BCUT2D eigenvalue weighted by Crippen LogP contribution is 2.19. The first-order valence-corrected chi connectivity index (χ1v) is 5.18. The fourth-order valence-corrected chi connectivity index (χ4v) is 1.50. The third-order valence-corrected chi connectivity index (χ3v) is 2.35. The van der Waals surface area contributed by atoms with Gasteiger partial charge in [0.1, 0.15) is 5.82 Å². The predicted octanol–water partition coefficient (Wildman–Crippen LogP) is 2.30. The molecule has 0 bridgehead atoms. The van der Waals surface area contributed by atoms with Gasteiger partial charge in [-0.2, -0.15) is 0 Å². The molecule has 0 aliphatic carbocycles. The molecule has 3 nitrogen and oxygen atoms in total. The van der Waals surface area contributed by atoms with E-state index in [1.807, 2.05) is 0 Å². The van der Waals surface area contributed by atoms with Crippen molar-refractivity contribution in [3.05, 3.63) is 29.6 Å². The molecular weight excluding hydrogens is 209 g/mol. The number of nitrogens with zero attached hydrogens (tertiary/aromatic N) is 1. The molecule has 0 unspecified atom stereocenters. The van der Waals surface area contributed by atoms with Gasteiger partial charge in [-0.25, -0.2) is 4.39 Å². The summed E-state index contributed by atoms with van der Waals surface area (Å²) in [4.78, 5) is 12.1. The summed E-state index contributed by atoms with van der Waals surface area (Å²) in [5, 5.41) is 8.51. The van der Waals surface area contributed by atoms with Crippen LogP contribution in [0, 0.1) is 5.82 Å². The van der Waals surface area contributed by atoms with Crippen molar-refractivity contribution in [2.24, 2.45) is 0 Å². The second-order valence-electron chi connectivity index (χ2n) is 3.93. The minimum Gasteiger partial charge on any atom is -0.481 e. The van der Waals surface area contributed by atoms with Gasteiger partial charge in [0.15, 0.2) is 0 Å². The Bertz CT molecular complexity index is 377. The van der Waals surface area contributed by atoms with Crippen molar-refractivity contribution in [1.29, 1.82) is 0 Å². The Morgan fingerprint density at radius 1 is 1.44 bits per heavy atom. The molecule has 0 fully saturated rings. The quantitative estimate of drug-likeness (QED) is 0.835. The van der Waals surface area contributed by atoms with Crippen LogP contribution in [0.1, 0.15) is 18.4 Å². The van der Waals surface area contributed by atoms with Crippen LogP contribution >= 0.6 is 0 Å². The summed E-state index contributed by atoms with van der Waals surface area (Å²) < 4.78 is 13.3. The summed E-state index contributed by atoms with van der Waals surface area (Å²) in [6.45, 7) is 0. The minimum absolute atomic E-state index is 0.147. The molecule has 0 aliphatic heterocycles. The number of hydrogen-bond acceptors (Lipinski definition) is 2. The van der Waals surface area contributed by atoms with Gasteiger partial charge in [0, 0.05) is 20.5 Å². The highest BCUT2D eigenvalue weighted by molar-refractivity contribution is 5.66. The standard InChI is InChI=1S/C12H16FNO2/c1-14(2)11-8-9(6-7-10(11)13)4-3-5-12(15)16/h6-8H,3-5H2,1-2H3,(H,15,16). The zero-order chi connectivity index (χ0) is 12.1. The molecule has 16 heavy (non-hydrogen) atoms. The van der Waals surface area contributed by atoms with Gasteiger partial charge in [0.05, 0.1) is 5.69 Å². The fourth-order valence-electron chi connectivity index (χ4n) is 1.50. The van der Waals surface area contributed by atoms with Crippen LogP contribution in [0.5, 0.6) is 0 Å². The summed E-state index contributed by atoms with van der Waals surface area (Å²) in [6.07, 6.45) is 1.38. The van der Waals surface area contributed by atoms with E-state index in [2.05, 4.69) is 0 Å². The van der Waals surface area contributed by atoms with Gasteiger partial charge in [0.25, 0.3) is 0 Å². The summed E-state index contributed by atoms with van der Waals surface area (Å²) in [5.41, 5.74) is 1.50. The molecular formula is C12H16FNO2. The Morgan fingerprint density at radius 3 is 2.69 bits per heavy atom. The highest BCUT2D eigenvalue weighted by Gasteiger charge is 2.06. The van der Waals surface area contributed by atoms with Crippen molar-refractivity contribution in [1.82, 2.24) is 0 Å². The molecule has 0 amide bonds. The number of halogens is 1. The van der Waals surface area contributed by atoms with Crippen LogP contribution in [0.15, 0.2) is 18.2 Å². The highest BCUT2D eigenvalue weighted by atomic mass is 19.1. The minimum atomic E-state index is -0.796. The lowest BCUT2D eigenvalue weighted by Gasteiger charge is -2.14. The van der Waals surface area contributed by atoms with Crippen molar-refractivity contribution in [3.63, 3.8) is 0 Å². The Hall–Kier alpha value is -1.58. The molecule has 0 saturated heterocycles. The zero-order valence-electron chi connectivity index (χ0n) is 9.53. The molecule has 4 heteroatoms. The molecule has 1 rings (SSSR count). The fraction of sp³-hybridized carbons (Fsp3) is 0.417. The lowest BCUT2D eigenvalue weighted by atomic mass is 10.1. The van der Waals surface area contributed by atoms with Gasteiger partial charge in [-0.3, -0.25) is 4.79 Å². The van der Waals surface area contributed by atoms with E-state index in [1.165, 1.54) is 6.07 Å². The number of hydrogen-bond donors (Lipinski definition) is 1. The molecule has 88 valence electrons. The summed E-state index contributed by atoms with van der Waals surface area (Å²) >= 11 is 0. The van der Waals surface area contributed by atoms with Crippen molar-refractivity contribution in [2.45, 2.75) is 19.3 Å². The summed E-state index contributed by atoms with van der Waals surface area (Å²) in [5.74, 6) is -1.05. The first kappa shape index (κ1) is 12.5. The van der Waals surface area contributed by atoms with Gasteiger partial charge < -0.3 is 10.0 Å². The van der Waals surface area contributed by atoms with Crippen molar-refractivity contribution >= 4 is 11.7 Å². The number of carboxylic acids is 1. The van der Waals surface area contributed by atoms with Crippen LogP contribution < -0.4 is 4.90 Å². The number of rotatable bonds is 5. The lowest BCUT2D eigenvalue weighted by molar-refractivity contribution is -0.137. The monoisotopic (exact) mass is 225 g/mol. The van der Waals surface area contributed by atoms with Gasteiger partial charge in [-0.1, -0.05) is 6.07 Å². The number of carboxylic acid groups (broad SMARTS) is 1. The van der Waals surface area contributed by atoms with Crippen LogP contribution in [0.2, 0.25) is 0 Å². The number of carbonyl (C=O) groups is 1. The zero-order valence-corrected chi connectivity index (χ0v) is 9.53. The normalized spacial score (nSPS) is 10.2. The van der Waals surface area contributed by atoms with E-state index in [1.54, 1.807) is 31.1 Å². The Balaban J connectivity index is 2.67. The van der Waals surface area contributed by atoms with E-state index in [-0.39, 0.29) is 12.2 Å². The first-order chi connectivity index (χ1) is 7.50. The predicted molar refractivity (Wildman–Crippen MR) is 61.3 cm³/mol. The van der Waals surface area contributed by atoms with E-state index in [0.29, 0.717) is 18.5 Å². The first-order valence-electron chi connectivity index (χ1n) is 5.18. The van der Waals surface area contributed by atoms with E-state index in [0.717, 1.165) is 5.56 Å². The summed E-state index contributed by atoms with van der Waals surface area (Å²) in [6, 6.07) is 4.88. The summed E-state index contributed by atoms with van der Waals surface area (Å²) in [7, 11) is 3.55. The van der Waals surface area contributed by atoms with E-state index < -0.39 is 5.97 Å². The Morgan fingerprint density at radius 2 is 2.12 bits per heavy atom. The molecule has 0 saturated carbocycles. The smallest absolute Gasteiger partial charge is 0.303 e. The number of anilines is 1. The molecule has 0 heterocycles. The van der Waals surface area contributed by atoms with Crippen LogP contribution in [-0.4, -0.2) is 25.2 Å². The Labute approximate surface area is 94.5 Å². The van der Waals surface area contributed by atoms with Gasteiger partial charge in [0.2, 0.25) is 0 Å². The average molecular weight is 225 g/mol. The van der Waals surface area contributed by atoms with Gasteiger partial charge in [-0.05, 0) is 30.5 Å². The Kier molecular flexibility index (Phi) is 4.28. The topological polar surface area (TPSA) is 40.5 Å². The van der Waals surface area contributed by atoms with Crippen LogP contribution in [0.4, 0.5) is 10.1 Å². The third kappa shape index (κ3) is 3.53. The van der Waals surface area contributed by atoms with Crippen molar-refractivity contribution < 1.29 is 14.3 Å². The van der Waals surface area contributed by atoms with Crippen LogP contribution in [0.3, 0.4) is 0 Å². The van der Waals surface area contributed by atoms with Gasteiger partial charge in [-0.15, -0.1) is 0 Å². The number of aliphatic carboxylic acids is 1. The van der Waals surface area contributed by atoms with Crippen LogP contribution in [0.25, 0.3) is 0 Å². The van der Waals surface area contributed by atoms with E-state index >= 15 is 0 Å². The molecule has 0 aromatic heterocycles. The molecule has 0 radical (unpaired) electrons. The second kappa shape index (κ2) is 5.49. The van der Waals surface area contributed by atoms with Crippen molar-refractivity contribution in [2.75, 3.05) is 19.0 Å². The third-order valence-electron chi connectivity index (χ3n) is 2.35. The largest absolute Gasteiger partial charge is 0.481 e. The molecule has 1 N–H and O–H groups in total. The molecule has 1 aromatic carbocycles. The van der Waals surface area contributed by atoms with E-state index in [4.69, 9.17) is 5.11 Å². The number of benzene rings is 1. The molecule has 0 atom stereocenters. The van der Waals surface area contributed by atoms with E-state index in [9.17, 15) is 9.18 Å². The molecule has 0 spiro atoms. The maximum absolute atomic E-state index is 13.3. The van der Waals surface area contributed by atoms with Crippen LogP contribution in [-0.2, 0) is 11.2 Å². The average Bonchev–Trinajstić information content (AvgIpc) is 2.19. The lowest BCUT2D eigenvalue weighted by Crippen LogP contribution is -2.11. The maximum atomic E-state index is 13.3. The SMILES string of the molecule is CN(C)c1cc(CCCC(=O)O)ccc1F. The molecule has 0 aliphatic rings. The number of aryl methyl sites for hydroxylation is 1.